The van der Waals surface area contributed by atoms with Crippen LogP contribution in [0, 0.1) is 0 Å². The van der Waals surface area contributed by atoms with Crippen molar-refractivity contribution < 1.29 is 14.7 Å². The van der Waals surface area contributed by atoms with E-state index in [0.717, 1.165) is 11.3 Å². The normalized spacial score (nSPS) is 11.8. The molecule has 1 unspecified atom stereocenters. The van der Waals surface area contributed by atoms with Crippen molar-refractivity contribution in [2.24, 2.45) is 0 Å². The van der Waals surface area contributed by atoms with Gasteiger partial charge in [0.05, 0.1) is 6.42 Å². The van der Waals surface area contributed by atoms with Crippen LogP contribution in [-0.4, -0.2) is 41.6 Å². The molecule has 2 amide bonds. The summed E-state index contributed by atoms with van der Waals surface area (Å²) in [6, 6.07) is 6.89. The van der Waals surface area contributed by atoms with E-state index in [1.807, 2.05) is 38.2 Å². The number of carbonyl (C=O) groups excluding carboxylic acids is 1. The number of amides is 2. The molecule has 1 atom stereocenters. The predicted molar refractivity (Wildman–Crippen MR) is 82.3 cm³/mol. The van der Waals surface area contributed by atoms with Gasteiger partial charge in [0.25, 0.3) is 0 Å². The van der Waals surface area contributed by atoms with Gasteiger partial charge in [0, 0.05) is 24.8 Å². The number of para-hydroxylation sites is 1. The van der Waals surface area contributed by atoms with Crippen LogP contribution in [0.3, 0.4) is 0 Å². The molecule has 116 valence electrons. The maximum atomic E-state index is 12.3. The van der Waals surface area contributed by atoms with Gasteiger partial charge in [0.15, 0.2) is 0 Å². The third-order valence-electron chi connectivity index (χ3n) is 3.23. The average molecular weight is 293 g/mol. The minimum Gasteiger partial charge on any atom is -0.481 e. The van der Waals surface area contributed by atoms with Crippen LogP contribution in [0.2, 0.25) is 0 Å². The lowest BCUT2D eigenvalue weighted by molar-refractivity contribution is -0.137. The molecular weight excluding hydrogens is 270 g/mol. The molecule has 0 saturated carbocycles. The first-order chi connectivity index (χ1) is 9.99. The fourth-order valence-electron chi connectivity index (χ4n) is 2.19. The highest BCUT2D eigenvalue weighted by Crippen LogP contribution is 2.16. The van der Waals surface area contributed by atoms with Gasteiger partial charge < -0.3 is 20.6 Å². The molecule has 0 radical (unpaired) electrons. The first-order valence-electron chi connectivity index (χ1n) is 7.01. The van der Waals surface area contributed by atoms with Crippen LogP contribution in [0.4, 0.5) is 10.5 Å². The van der Waals surface area contributed by atoms with Crippen LogP contribution in [0.25, 0.3) is 0 Å². The topological polar surface area (TPSA) is 81.7 Å². The zero-order valence-corrected chi connectivity index (χ0v) is 12.7. The van der Waals surface area contributed by atoms with E-state index in [0.29, 0.717) is 13.1 Å². The summed E-state index contributed by atoms with van der Waals surface area (Å²) >= 11 is 0. The van der Waals surface area contributed by atoms with Crippen LogP contribution in [0.5, 0.6) is 0 Å². The standard InChI is InChI=1S/C15H23N3O3/c1-4-18(11(2)9-14(19)20)15(21)17-13-8-6-5-7-12(13)10-16-3/h5-8,11,16H,4,9-10H2,1-3H3,(H,17,21)(H,19,20). The second kappa shape index (κ2) is 8.26. The van der Waals surface area contributed by atoms with Crippen molar-refractivity contribution in [3.8, 4) is 0 Å². The number of nitrogens with one attached hydrogen (secondary N) is 2. The average Bonchev–Trinajstić information content (AvgIpc) is 2.41. The summed E-state index contributed by atoms with van der Waals surface area (Å²) in [5, 5.41) is 14.7. The number of carbonyl (C=O) groups is 2. The van der Waals surface area contributed by atoms with E-state index in [1.165, 1.54) is 4.90 Å². The molecule has 0 aromatic heterocycles. The largest absolute Gasteiger partial charge is 0.481 e. The molecule has 1 rings (SSSR count). The summed E-state index contributed by atoms with van der Waals surface area (Å²) in [4.78, 5) is 24.6. The van der Waals surface area contributed by atoms with Crippen molar-refractivity contribution in [2.75, 3.05) is 18.9 Å². The fourth-order valence-corrected chi connectivity index (χ4v) is 2.19. The van der Waals surface area contributed by atoms with Crippen LogP contribution >= 0.6 is 0 Å². The Morgan fingerprint density at radius 2 is 2.00 bits per heavy atom. The summed E-state index contributed by atoms with van der Waals surface area (Å²) in [5.41, 5.74) is 1.72. The Hall–Kier alpha value is -2.08. The molecule has 1 aromatic rings. The number of carboxylic acid groups (broad SMARTS) is 1. The van der Waals surface area contributed by atoms with E-state index in [2.05, 4.69) is 10.6 Å². The Bertz CT molecular complexity index is 491. The minimum absolute atomic E-state index is 0.0700. The van der Waals surface area contributed by atoms with Crippen molar-refractivity contribution >= 4 is 17.7 Å². The lowest BCUT2D eigenvalue weighted by atomic mass is 10.1. The molecule has 0 aliphatic carbocycles. The highest BCUT2D eigenvalue weighted by Gasteiger charge is 2.21. The number of hydrogen-bond acceptors (Lipinski definition) is 3. The van der Waals surface area contributed by atoms with E-state index in [1.54, 1.807) is 6.92 Å². The van der Waals surface area contributed by atoms with Gasteiger partial charge in [0.1, 0.15) is 0 Å². The second-order valence-corrected chi connectivity index (χ2v) is 4.85. The number of rotatable bonds is 7. The maximum absolute atomic E-state index is 12.3. The van der Waals surface area contributed by atoms with Crippen LogP contribution < -0.4 is 10.6 Å². The highest BCUT2D eigenvalue weighted by atomic mass is 16.4. The molecule has 0 saturated heterocycles. The number of aliphatic carboxylic acids is 1. The first-order valence-corrected chi connectivity index (χ1v) is 7.01. The van der Waals surface area contributed by atoms with Crippen LogP contribution in [0.1, 0.15) is 25.8 Å². The number of nitrogens with zero attached hydrogens (tertiary/aromatic N) is 1. The zero-order valence-electron chi connectivity index (χ0n) is 12.7. The van der Waals surface area contributed by atoms with Crippen molar-refractivity contribution in [1.29, 1.82) is 0 Å². The van der Waals surface area contributed by atoms with Gasteiger partial charge in [-0.15, -0.1) is 0 Å². The molecule has 0 fully saturated rings. The molecule has 0 bridgehead atoms. The SMILES string of the molecule is CCN(C(=O)Nc1ccccc1CNC)C(C)CC(=O)O. The number of urea groups is 1. The first kappa shape index (κ1) is 17.0. The Labute approximate surface area is 125 Å². The maximum Gasteiger partial charge on any atom is 0.322 e. The van der Waals surface area contributed by atoms with Crippen LogP contribution in [0.15, 0.2) is 24.3 Å². The van der Waals surface area contributed by atoms with Gasteiger partial charge in [-0.2, -0.15) is 0 Å². The number of carboxylic acids is 1. The zero-order chi connectivity index (χ0) is 15.8. The molecule has 21 heavy (non-hydrogen) atoms. The van der Waals surface area contributed by atoms with E-state index in [4.69, 9.17) is 5.11 Å². The molecule has 0 spiro atoms. The minimum atomic E-state index is -0.913. The molecule has 1 aromatic carbocycles. The molecule has 6 heteroatoms. The molecule has 0 aliphatic rings. The summed E-state index contributed by atoms with van der Waals surface area (Å²) in [5.74, 6) is -0.913. The number of anilines is 1. The highest BCUT2D eigenvalue weighted by molar-refractivity contribution is 5.90. The monoisotopic (exact) mass is 293 g/mol. The second-order valence-electron chi connectivity index (χ2n) is 4.85. The van der Waals surface area contributed by atoms with E-state index < -0.39 is 5.97 Å². The fraction of sp³-hybridized carbons (Fsp3) is 0.467. The lowest BCUT2D eigenvalue weighted by Crippen LogP contribution is -2.42. The van der Waals surface area contributed by atoms with Gasteiger partial charge in [-0.25, -0.2) is 4.79 Å². The third-order valence-corrected chi connectivity index (χ3v) is 3.23. The molecule has 0 heterocycles. The molecular formula is C15H23N3O3. The summed E-state index contributed by atoms with van der Waals surface area (Å²) in [7, 11) is 1.84. The Morgan fingerprint density at radius 3 is 2.57 bits per heavy atom. The van der Waals surface area contributed by atoms with Crippen molar-refractivity contribution in [1.82, 2.24) is 10.2 Å². The third kappa shape index (κ3) is 5.07. The molecule has 6 nitrogen and oxygen atoms in total. The van der Waals surface area contributed by atoms with Crippen molar-refractivity contribution in [3.05, 3.63) is 29.8 Å². The Kier molecular flexibility index (Phi) is 6.68. The Balaban J connectivity index is 2.80. The number of benzene rings is 1. The quantitative estimate of drug-likeness (QED) is 0.719. The summed E-state index contributed by atoms with van der Waals surface area (Å²) in [6.07, 6.45) is -0.0700. The van der Waals surface area contributed by atoms with Crippen molar-refractivity contribution in [3.63, 3.8) is 0 Å². The summed E-state index contributed by atoms with van der Waals surface area (Å²) < 4.78 is 0. The Morgan fingerprint density at radius 1 is 1.33 bits per heavy atom. The smallest absolute Gasteiger partial charge is 0.322 e. The van der Waals surface area contributed by atoms with Gasteiger partial charge in [0.2, 0.25) is 0 Å². The van der Waals surface area contributed by atoms with E-state index in [9.17, 15) is 9.59 Å². The molecule has 3 N–H and O–H groups in total. The van der Waals surface area contributed by atoms with Gasteiger partial charge in [-0.3, -0.25) is 4.79 Å². The van der Waals surface area contributed by atoms with Crippen molar-refractivity contribution in [2.45, 2.75) is 32.9 Å². The van der Waals surface area contributed by atoms with Gasteiger partial charge >= 0.3 is 12.0 Å². The number of hydrogen-bond donors (Lipinski definition) is 3. The van der Waals surface area contributed by atoms with Crippen LogP contribution in [-0.2, 0) is 11.3 Å². The van der Waals surface area contributed by atoms with Gasteiger partial charge in [-0.1, -0.05) is 18.2 Å². The summed E-state index contributed by atoms with van der Waals surface area (Å²) in [6.45, 7) is 4.66. The molecule has 0 aliphatic heterocycles. The van der Waals surface area contributed by atoms with Gasteiger partial charge in [-0.05, 0) is 32.5 Å². The lowest BCUT2D eigenvalue weighted by Gasteiger charge is -2.27. The van der Waals surface area contributed by atoms with E-state index in [-0.39, 0.29) is 18.5 Å². The van der Waals surface area contributed by atoms with E-state index >= 15 is 0 Å². The predicted octanol–water partition coefficient (Wildman–Crippen LogP) is 2.12.